The fraction of sp³-hybridized carbons (Fsp3) is 0.556. The lowest BCUT2D eigenvalue weighted by Crippen LogP contribution is -2.26. The van der Waals surface area contributed by atoms with E-state index in [9.17, 15) is 4.79 Å². The van der Waals surface area contributed by atoms with Crippen molar-refractivity contribution in [1.29, 1.82) is 0 Å². The maximum atomic E-state index is 11.5. The maximum absolute atomic E-state index is 11.5. The van der Waals surface area contributed by atoms with Crippen molar-refractivity contribution in [3.8, 4) is 0 Å². The van der Waals surface area contributed by atoms with Crippen molar-refractivity contribution in [3.05, 3.63) is 11.1 Å². The summed E-state index contributed by atoms with van der Waals surface area (Å²) in [5.74, 6) is -0.167. The molecule has 0 aromatic heterocycles. The van der Waals surface area contributed by atoms with Gasteiger partial charge in [0.1, 0.15) is 0 Å². The summed E-state index contributed by atoms with van der Waals surface area (Å²) in [5.41, 5.74) is 4.15. The first kappa shape index (κ1) is 8.44. The van der Waals surface area contributed by atoms with Gasteiger partial charge in [0.25, 0.3) is 5.91 Å². The first-order chi connectivity index (χ1) is 6.24. The number of hydrogen-bond donors (Lipinski definition) is 1. The Morgan fingerprint density at radius 3 is 2.85 bits per heavy atom. The van der Waals surface area contributed by atoms with Crippen molar-refractivity contribution < 1.29 is 9.53 Å². The molecular weight excluding hydrogens is 168 g/mol. The third-order valence-electron chi connectivity index (χ3n) is 2.67. The van der Waals surface area contributed by atoms with Crippen LogP contribution < -0.4 is 5.43 Å². The Labute approximate surface area is 76.6 Å². The predicted molar refractivity (Wildman–Crippen MR) is 48.3 cm³/mol. The topological polar surface area (TPSA) is 50.7 Å². The van der Waals surface area contributed by atoms with Gasteiger partial charge in [0.05, 0.1) is 12.2 Å². The van der Waals surface area contributed by atoms with E-state index in [4.69, 9.17) is 4.74 Å². The van der Waals surface area contributed by atoms with E-state index in [-0.39, 0.29) is 18.1 Å². The highest BCUT2D eigenvalue weighted by Crippen LogP contribution is 2.38. The highest BCUT2D eigenvalue weighted by molar-refractivity contribution is 5.96. The van der Waals surface area contributed by atoms with E-state index in [1.165, 1.54) is 0 Å². The summed E-state index contributed by atoms with van der Waals surface area (Å²) >= 11 is 0. The third kappa shape index (κ3) is 1.18. The summed E-state index contributed by atoms with van der Waals surface area (Å²) in [7, 11) is 0. The van der Waals surface area contributed by atoms with Gasteiger partial charge in [0, 0.05) is 12.3 Å². The van der Waals surface area contributed by atoms with Crippen LogP contribution in [0.25, 0.3) is 0 Å². The number of hydrogen-bond acceptors (Lipinski definition) is 3. The molecule has 2 atom stereocenters. The van der Waals surface area contributed by atoms with Crippen molar-refractivity contribution >= 4 is 12.6 Å². The van der Waals surface area contributed by atoms with Crippen LogP contribution in [0.2, 0.25) is 0 Å². The lowest BCUT2D eigenvalue weighted by atomic mass is 9.92. The lowest BCUT2D eigenvalue weighted by molar-refractivity contribution is -0.118. The number of nitrogens with zero attached hydrogens (tertiary/aromatic N) is 1. The minimum absolute atomic E-state index is 0.00764. The van der Waals surface area contributed by atoms with Crippen LogP contribution in [0.15, 0.2) is 16.2 Å². The molecule has 4 nitrogen and oxygen atoms in total. The monoisotopic (exact) mass is 180 g/mol. The molecule has 0 spiro atoms. The molecule has 0 aromatic rings. The van der Waals surface area contributed by atoms with Gasteiger partial charge in [-0.05, 0) is 25.3 Å². The second kappa shape index (κ2) is 2.96. The van der Waals surface area contributed by atoms with E-state index < -0.39 is 0 Å². The predicted octanol–water partition coefficient (Wildman–Crippen LogP) is 0.596. The zero-order valence-corrected chi connectivity index (χ0v) is 7.54. The summed E-state index contributed by atoms with van der Waals surface area (Å²) in [6, 6.07) is 0. The van der Waals surface area contributed by atoms with Crippen LogP contribution in [0.1, 0.15) is 19.8 Å². The Bertz CT molecular complexity index is 296. The Morgan fingerprint density at radius 2 is 2.31 bits per heavy atom. The summed E-state index contributed by atoms with van der Waals surface area (Å²) in [6.45, 7) is 5.16. The van der Waals surface area contributed by atoms with Crippen LogP contribution in [0, 0.1) is 0 Å². The molecule has 1 amide bonds. The number of ether oxygens (including phenoxy) is 1. The number of carbonyl (C=O) groups is 1. The summed E-state index contributed by atoms with van der Waals surface area (Å²) in [4.78, 5) is 11.5. The van der Waals surface area contributed by atoms with Gasteiger partial charge in [0.2, 0.25) is 0 Å². The van der Waals surface area contributed by atoms with Crippen LogP contribution in [0.4, 0.5) is 0 Å². The third-order valence-corrected chi connectivity index (χ3v) is 2.67. The Balaban J connectivity index is 2.23. The SMILES string of the molecule is C=NNC(=O)C1=C(C)C2CCC1O2. The molecule has 1 saturated heterocycles. The number of amides is 1. The quantitative estimate of drug-likeness (QED) is 0.499. The smallest absolute Gasteiger partial charge is 0.269 e. The van der Waals surface area contributed by atoms with E-state index >= 15 is 0 Å². The molecule has 2 bridgehead atoms. The van der Waals surface area contributed by atoms with Crippen LogP contribution in [-0.4, -0.2) is 24.8 Å². The van der Waals surface area contributed by atoms with E-state index in [0.29, 0.717) is 0 Å². The van der Waals surface area contributed by atoms with E-state index in [0.717, 1.165) is 24.0 Å². The largest absolute Gasteiger partial charge is 0.366 e. The van der Waals surface area contributed by atoms with Gasteiger partial charge in [-0.25, -0.2) is 5.43 Å². The maximum Gasteiger partial charge on any atom is 0.269 e. The first-order valence-electron chi connectivity index (χ1n) is 4.36. The Morgan fingerprint density at radius 1 is 1.62 bits per heavy atom. The summed E-state index contributed by atoms with van der Waals surface area (Å²) in [6.07, 6.45) is 2.14. The number of rotatable bonds is 2. The minimum Gasteiger partial charge on any atom is -0.366 e. The van der Waals surface area contributed by atoms with Gasteiger partial charge in [0.15, 0.2) is 0 Å². The van der Waals surface area contributed by atoms with Crippen LogP contribution in [-0.2, 0) is 9.53 Å². The molecule has 0 radical (unpaired) electrons. The second-order valence-electron chi connectivity index (χ2n) is 3.39. The normalized spacial score (nSPS) is 30.8. The molecule has 13 heavy (non-hydrogen) atoms. The highest BCUT2D eigenvalue weighted by atomic mass is 16.5. The molecule has 1 N–H and O–H groups in total. The van der Waals surface area contributed by atoms with E-state index in [1.54, 1.807) is 0 Å². The van der Waals surface area contributed by atoms with Gasteiger partial charge in [-0.2, -0.15) is 5.10 Å². The van der Waals surface area contributed by atoms with Gasteiger partial charge >= 0.3 is 0 Å². The van der Waals surface area contributed by atoms with Gasteiger partial charge in [-0.1, -0.05) is 0 Å². The molecular formula is C9H12N2O2. The zero-order valence-electron chi connectivity index (χ0n) is 7.54. The van der Waals surface area contributed by atoms with Gasteiger partial charge in [-0.3, -0.25) is 4.79 Å². The molecule has 4 heteroatoms. The van der Waals surface area contributed by atoms with Crippen molar-refractivity contribution in [1.82, 2.24) is 5.43 Å². The minimum atomic E-state index is -0.167. The lowest BCUT2D eigenvalue weighted by Gasteiger charge is -2.11. The number of nitrogens with one attached hydrogen (secondary N) is 1. The average Bonchev–Trinajstić information content (AvgIpc) is 2.63. The van der Waals surface area contributed by atoms with Crippen molar-refractivity contribution in [2.75, 3.05) is 0 Å². The van der Waals surface area contributed by atoms with Crippen LogP contribution in [0.5, 0.6) is 0 Å². The van der Waals surface area contributed by atoms with E-state index in [2.05, 4.69) is 17.2 Å². The standard InChI is InChI=1S/C9H12N2O2/c1-5-6-3-4-7(13-6)8(5)9(12)11-10-2/h6-7H,2-4H2,1H3,(H,11,12). The molecule has 0 aliphatic carbocycles. The highest BCUT2D eigenvalue weighted by Gasteiger charge is 2.41. The second-order valence-corrected chi connectivity index (χ2v) is 3.39. The molecule has 2 unspecified atom stereocenters. The molecule has 70 valence electrons. The van der Waals surface area contributed by atoms with E-state index in [1.807, 2.05) is 6.92 Å². The number of fused-ring (bicyclic) bond motifs is 2. The Kier molecular flexibility index (Phi) is 1.92. The average molecular weight is 180 g/mol. The molecule has 0 aromatic carbocycles. The van der Waals surface area contributed by atoms with Crippen molar-refractivity contribution in [2.45, 2.75) is 32.0 Å². The van der Waals surface area contributed by atoms with Crippen LogP contribution >= 0.6 is 0 Å². The summed E-state index contributed by atoms with van der Waals surface area (Å²) < 4.78 is 5.57. The fourth-order valence-electron chi connectivity index (χ4n) is 2.05. The molecule has 2 rings (SSSR count). The molecule has 2 aliphatic heterocycles. The van der Waals surface area contributed by atoms with Crippen molar-refractivity contribution in [3.63, 3.8) is 0 Å². The van der Waals surface area contributed by atoms with Crippen molar-refractivity contribution in [2.24, 2.45) is 5.10 Å². The molecule has 2 aliphatic rings. The first-order valence-corrected chi connectivity index (χ1v) is 4.36. The van der Waals surface area contributed by atoms with Gasteiger partial charge < -0.3 is 4.74 Å². The zero-order chi connectivity index (χ0) is 9.42. The van der Waals surface area contributed by atoms with Gasteiger partial charge in [-0.15, -0.1) is 0 Å². The molecule has 1 fully saturated rings. The molecule has 0 saturated carbocycles. The summed E-state index contributed by atoms with van der Waals surface area (Å²) in [5, 5.41) is 3.36. The molecule has 2 heterocycles. The number of hydrazone groups is 1. The number of carbonyl (C=O) groups excluding carboxylic acids is 1. The Hall–Kier alpha value is -1.16. The van der Waals surface area contributed by atoms with Crippen LogP contribution in [0.3, 0.4) is 0 Å². The fourth-order valence-corrected chi connectivity index (χ4v) is 2.05.